The molecule has 57 heavy (non-hydrogen) atoms. The molecule has 0 aromatic heterocycles. The molecule has 1 fully saturated rings. The van der Waals surface area contributed by atoms with Gasteiger partial charge in [-0.2, -0.15) is 0 Å². The molecule has 1 aromatic carbocycles. The Morgan fingerprint density at radius 3 is 1.67 bits per heavy atom. The van der Waals surface area contributed by atoms with Crippen molar-refractivity contribution in [3.63, 3.8) is 0 Å². The normalized spacial score (nSPS) is 17.1. The SMILES string of the molecule is CSP(C)(=O)O[C@H]1CC[C@@H](C(=O)NCc2ccc(C[C@@H](C(=O)NCCOCCON)N(CC(=O)NCCOCCON)CC(=O)NCCOCCON)cc2)CC1. The van der Waals surface area contributed by atoms with Crippen LogP contribution in [0, 0.1) is 5.92 Å². The molecular weight excluding hydrogens is 787 g/mol. The zero-order chi connectivity index (χ0) is 41.7. The van der Waals surface area contributed by atoms with Crippen molar-refractivity contribution in [2.75, 3.05) is 105 Å². The van der Waals surface area contributed by atoms with Gasteiger partial charge in [-0.25, -0.2) is 17.7 Å². The Hall–Kier alpha value is -2.76. The van der Waals surface area contributed by atoms with Crippen LogP contribution in [0.2, 0.25) is 0 Å². The predicted octanol–water partition coefficient (Wildman–Crippen LogP) is -0.654. The van der Waals surface area contributed by atoms with Crippen LogP contribution in [0.15, 0.2) is 24.3 Å². The van der Waals surface area contributed by atoms with Crippen LogP contribution in [0.25, 0.3) is 0 Å². The van der Waals surface area contributed by atoms with E-state index in [1.807, 2.05) is 24.3 Å². The van der Waals surface area contributed by atoms with Gasteiger partial charge < -0.3 is 54.5 Å². The van der Waals surface area contributed by atoms with Crippen LogP contribution in [0.4, 0.5) is 0 Å². The summed E-state index contributed by atoms with van der Waals surface area (Å²) in [4.78, 5) is 68.0. The van der Waals surface area contributed by atoms with Crippen molar-refractivity contribution in [1.82, 2.24) is 26.2 Å². The molecule has 1 aromatic rings. The number of carbonyl (C=O) groups excluding carboxylic acids is 4. The van der Waals surface area contributed by atoms with Gasteiger partial charge in [-0.15, -0.1) is 0 Å². The van der Waals surface area contributed by atoms with E-state index in [0.29, 0.717) is 32.2 Å². The van der Waals surface area contributed by atoms with E-state index < -0.39 is 30.3 Å². The van der Waals surface area contributed by atoms with Crippen molar-refractivity contribution in [1.29, 1.82) is 0 Å². The highest BCUT2D eigenvalue weighted by molar-refractivity contribution is 8.56. The highest BCUT2D eigenvalue weighted by Gasteiger charge is 2.31. The molecule has 0 heterocycles. The summed E-state index contributed by atoms with van der Waals surface area (Å²) < 4.78 is 34.3. The summed E-state index contributed by atoms with van der Waals surface area (Å²) in [6.45, 7) is 1.11. The largest absolute Gasteiger partial charge is 0.377 e. The minimum Gasteiger partial charge on any atom is -0.377 e. The maximum atomic E-state index is 13.8. The first-order chi connectivity index (χ1) is 27.5. The second-order valence-electron chi connectivity index (χ2n) is 13.1. The Morgan fingerprint density at radius 1 is 0.719 bits per heavy atom. The molecule has 0 aliphatic heterocycles. The molecule has 1 aliphatic carbocycles. The van der Waals surface area contributed by atoms with E-state index in [4.69, 9.17) is 36.4 Å². The van der Waals surface area contributed by atoms with Crippen molar-refractivity contribution in [2.24, 2.45) is 23.6 Å². The van der Waals surface area contributed by atoms with Gasteiger partial charge in [0.2, 0.25) is 23.6 Å². The highest BCUT2D eigenvalue weighted by Crippen LogP contribution is 2.56. The summed E-state index contributed by atoms with van der Waals surface area (Å²) in [5.41, 5.74) is 1.61. The molecule has 1 aliphatic rings. The lowest BCUT2D eigenvalue weighted by Gasteiger charge is -2.30. The Balaban J connectivity index is 2.13. The van der Waals surface area contributed by atoms with Crippen molar-refractivity contribution < 1.29 is 57.0 Å². The summed E-state index contributed by atoms with van der Waals surface area (Å²) in [5.74, 6) is 13.6. The lowest BCUT2D eigenvalue weighted by atomic mass is 9.87. The molecule has 2 rings (SSSR count). The van der Waals surface area contributed by atoms with E-state index in [1.165, 1.54) is 16.3 Å². The molecular formula is C35H63N8O12PS. The summed E-state index contributed by atoms with van der Waals surface area (Å²) in [6.07, 6.45) is 4.48. The summed E-state index contributed by atoms with van der Waals surface area (Å²) in [6, 6.07) is 6.46. The van der Waals surface area contributed by atoms with Gasteiger partial charge in [-0.05, 0) is 49.5 Å². The van der Waals surface area contributed by atoms with E-state index in [2.05, 4.69) is 35.8 Å². The average molecular weight is 851 g/mol. The zero-order valence-corrected chi connectivity index (χ0v) is 34.8. The highest BCUT2D eigenvalue weighted by atomic mass is 32.7. The third kappa shape index (κ3) is 22.8. The number of carbonyl (C=O) groups is 4. The minimum atomic E-state index is -2.68. The average Bonchev–Trinajstić information content (AvgIpc) is 3.20. The lowest BCUT2D eigenvalue weighted by Crippen LogP contribution is -2.54. The van der Waals surface area contributed by atoms with Crippen molar-refractivity contribution in [3.05, 3.63) is 35.4 Å². The summed E-state index contributed by atoms with van der Waals surface area (Å²) >= 11 is 1.23. The summed E-state index contributed by atoms with van der Waals surface area (Å²) in [5, 5.41) is 11.4. The van der Waals surface area contributed by atoms with Gasteiger partial charge in [0.05, 0.1) is 84.7 Å². The minimum absolute atomic E-state index is 0.0437. The van der Waals surface area contributed by atoms with Gasteiger partial charge in [0.1, 0.15) is 0 Å². The molecule has 10 N–H and O–H groups in total. The Kier molecular flexibility index (Phi) is 26.8. The number of amides is 4. The smallest absolute Gasteiger partial charge is 0.254 e. The number of nitrogens with one attached hydrogen (secondary N) is 4. The molecule has 1 unspecified atom stereocenters. The fraction of sp³-hybridized carbons (Fsp3) is 0.714. The first-order valence-corrected chi connectivity index (χ1v) is 22.8. The number of benzene rings is 1. The van der Waals surface area contributed by atoms with Gasteiger partial charge >= 0.3 is 0 Å². The molecule has 0 spiro atoms. The fourth-order valence-corrected chi connectivity index (χ4v) is 7.22. The van der Waals surface area contributed by atoms with Crippen LogP contribution in [-0.2, 0) is 70.0 Å². The molecule has 0 saturated heterocycles. The van der Waals surface area contributed by atoms with E-state index in [-0.39, 0.29) is 117 Å². The van der Waals surface area contributed by atoms with Crippen LogP contribution in [0.3, 0.4) is 0 Å². The molecule has 2 atom stereocenters. The first kappa shape index (κ1) is 50.4. The summed E-state index contributed by atoms with van der Waals surface area (Å²) in [7, 11) is 0. The van der Waals surface area contributed by atoms with Gasteiger partial charge in [0.25, 0.3) is 6.57 Å². The molecule has 0 radical (unpaired) electrons. The van der Waals surface area contributed by atoms with Gasteiger partial charge in [0, 0.05) is 38.8 Å². The van der Waals surface area contributed by atoms with Gasteiger partial charge in [-0.3, -0.25) is 28.6 Å². The number of ether oxygens (including phenoxy) is 3. The maximum absolute atomic E-state index is 13.8. The number of rotatable bonds is 32. The Morgan fingerprint density at radius 2 is 1.19 bits per heavy atom. The van der Waals surface area contributed by atoms with Crippen LogP contribution in [0.5, 0.6) is 0 Å². The monoisotopic (exact) mass is 850 g/mol. The Labute approximate surface area is 339 Å². The van der Waals surface area contributed by atoms with Crippen LogP contribution < -0.4 is 39.0 Å². The Bertz CT molecular complexity index is 1320. The van der Waals surface area contributed by atoms with Crippen molar-refractivity contribution in [3.8, 4) is 0 Å². The van der Waals surface area contributed by atoms with E-state index in [1.54, 1.807) is 12.9 Å². The van der Waals surface area contributed by atoms with Crippen LogP contribution in [-0.4, -0.2) is 146 Å². The second kappa shape index (κ2) is 30.3. The quantitative estimate of drug-likeness (QED) is 0.0269. The van der Waals surface area contributed by atoms with Crippen molar-refractivity contribution >= 4 is 41.6 Å². The van der Waals surface area contributed by atoms with E-state index in [0.717, 1.165) is 11.1 Å². The topological polar surface area (TPSA) is 279 Å². The molecule has 20 nitrogen and oxygen atoms in total. The number of hydrogen-bond acceptors (Lipinski definition) is 17. The second-order valence-corrected chi connectivity index (χ2v) is 18.3. The van der Waals surface area contributed by atoms with Crippen LogP contribution in [0.1, 0.15) is 36.8 Å². The lowest BCUT2D eigenvalue weighted by molar-refractivity contribution is -0.132. The molecule has 326 valence electrons. The van der Waals surface area contributed by atoms with Gasteiger partial charge in [0.15, 0.2) is 0 Å². The van der Waals surface area contributed by atoms with Crippen LogP contribution >= 0.6 is 18.0 Å². The molecule has 0 bridgehead atoms. The first-order valence-electron chi connectivity index (χ1n) is 18.9. The fourth-order valence-electron chi connectivity index (χ4n) is 5.76. The third-order valence-corrected chi connectivity index (χ3v) is 12.4. The molecule has 4 amide bonds. The zero-order valence-electron chi connectivity index (χ0n) is 33.1. The predicted molar refractivity (Wildman–Crippen MR) is 213 cm³/mol. The standard InChI is InChI=1S/C35H63N8O12PS/c1-56(48,57-2)55-30-9-7-29(8-10-30)34(46)42-24-28-5-3-27(4-6-28)23-31(35(47)41-13-16-51-19-22-54-38)43(25-32(44)39-11-14-49-17-20-52-36)26-33(45)40-12-15-50-18-21-53-37/h3-6,29-31H,7-26,36-38H2,1-2H3,(H,39,44)(H,40,45)(H,41,47)(H,42,46)/t29-,30+,31-,56?/m0/s1. The third-order valence-electron chi connectivity index (χ3n) is 8.79. The van der Waals surface area contributed by atoms with Crippen molar-refractivity contribution in [2.45, 2.75) is 50.8 Å². The van der Waals surface area contributed by atoms with Gasteiger partial charge in [-0.1, -0.05) is 35.6 Å². The maximum Gasteiger partial charge on any atom is 0.254 e. The number of nitrogens with zero attached hydrogens (tertiary/aromatic N) is 1. The number of hydrogen-bond donors (Lipinski definition) is 7. The van der Waals surface area contributed by atoms with E-state index >= 15 is 0 Å². The van der Waals surface area contributed by atoms with E-state index in [9.17, 15) is 23.7 Å². The number of nitrogens with two attached hydrogens (primary N) is 3. The molecule has 22 heteroatoms. The molecule has 1 saturated carbocycles.